The van der Waals surface area contributed by atoms with E-state index in [1.807, 2.05) is 0 Å². The molecule has 3 atom stereocenters. The Bertz CT molecular complexity index is 221. The highest BCUT2D eigenvalue weighted by molar-refractivity contribution is 5.85. The summed E-state index contributed by atoms with van der Waals surface area (Å²) >= 11 is 0. The summed E-state index contributed by atoms with van der Waals surface area (Å²) in [5.74, 6) is 2.04. The van der Waals surface area contributed by atoms with Crippen molar-refractivity contribution in [2.24, 2.45) is 17.3 Å². The van der Waals surface area contributed by atoms with Crippen molar-refractivity contribution in [2.75, 3.05) is 0 Å². The third kappa shape index (κ3) is 0.605. The van der Waals surface area contributed by atoms with Crippen LogP contribution in [0.2, 0.25) is 0 Å². The van der Waals surface area contributed by atoms with Crippen molar-refractivity contribution in [3.63, 3.8) is 0 Å². The highest BCUT2D eigenvalue weighted by Crippen LogP contribution is 2.63. The van der Waals surface area contributed by atoms with Crippen LogP contribution in [0.25, 0.3) is 0 Å². The van der Waals surface area contributed by atoms with Gasteiger partial charge in [-0.15, -0.1) is 0 Å². The quantitative estimate of drug-likeness (QED) is 0.517. The second kappa shape index (κ2) is 1.70. The van der Waals surface area contributed by atoms with Crippen molar-refractivity contribution in [1.82, 2.24) is 0 Å². The summed E-state index contributed by atoms with van der Waals surface area (Å²) in [6.45, 7) is 0. The molecule has 60 valence electrons. The summed E-state index contributed by atoms with van der Waals surface area (Å²) in [5.41, 5.74) is 0.543. The molecule has 1 heteroatoms. The van der Waals surface area contributed by atoms with Gasteiger partial charge in [0.2, 0.25) is 0 Å². The lowest BCUT2D eigenvalue weighted by Gasteiger charge is -2.26. The normalized spacial score (nSPS) is 53.6. The first-order valence-corrected chi connectivity index (χ1v) is 4.83. The molecule has 0 heterocycles. The monoisotopic (exact) mass is 150 g/mol. The van der Waals surface area contributed by atoms with Crippen molar-refractivity contribution in [3.8, 4) is 0 Å². The zero-order chi connectivity index (χ0) is 7.47. The maximum atomic E-state index is 11.4. The molecule has 3 saturated carbocycles. The molecule has 0 N–H and O–H groups in total. The molecule has 1 spiro atoms. The molecule has 11 heavy (non-hydrogen) atoms. The van der Waals surface area contributed by atoms with Crippen molar-refractivity contribution in [1.29, 1.82) is 0 Å². The Morgan fingerprint density at radius 2 is 2.36 bits per heavy atom. The average molecular weight is 150 g/mol. The van der Waals surface area contributed by atoms with Crippen LogP contribution in [0.1, 0.15) is 38.5 Å². The van der Waals surface area contributed by atoms with Crippen LogP contribution in [0.4, 0.5) is 0 Å². The van der Waals surface area contributed by atoms with Gasteiger partial charge >= 0.3 is 0 Å². The Balaban J connectivity index is 2.01. The maximum Gasteiger partial charge on any atom is 0.136 e. The van der Waals surface area contributed by atoms with Crippen molar-refractivity contribution < 1.29 is 4.79 Å². The summed E-state index contributed by atoms with van der Waals surface area (Å²) in [6.07, 6.45) is 7.63. The number of carbonyl (C=O) groups is 1. The van der Waals surface area contributed by atoms with Crippen molar-refractivity contribution in [2.45, 2.75) is 38.5 Å². The lowest BCUT2D eigenvalue weighted by molar-refractivity contribution is -0.123. The van der Waals surface area contributed by atoms with E-state index in [0.717, 1.165) is 12.3 Å². The zero-order valence-electron chi connectivity index (χ0n) is 6.81. The third-order valence-corrected chi connectivity index (χ3v) is 4.30. The molecule has 0 aromatic rings. The first-order chi connectivity index (χ1) is 5.30. The van der Waals surface area contributed by atoms with Gasteiger partial charge in [-0.25, -0.2) is 0 Å². The largest absolute Gasteiger partial charge is 0.299 e. The lowest BCUT2D eigenvalue weighted by Crippen LogP contribution is -2.22. The molecule has 0 aromatic heterocycles. The fraction of sp³-hybridized carbons (Fsp3) is 0.900. The highest BCUT2D eigenvalue weighted by atomic mass is 16.1. The minimum absolute atomic E-state index is 0.500. The molecule has 3 rings (SSSR count). The minimum Gasteiger partial charge on any atom is -0.299 e. The van der Waals surface area contributed by atoms with E-state index in [-0.39, 0.29) is 0 Å². The van der Waals surface area contributed by atoms with E-state index >= 15 is 0 Å². The molecule has 3 unspecified atom stereocenters. The Labute approximate surface area is 67.2 Å². The van der Waals surface area contributed by atoms with Gasteiger partial charge in [-0.3, -0.25) is 4.79 Å². The van der Waals surface area contributed by atoms with Crippen LogP contribution < -0.4 is 0 Å². The molecule has 0 saturated heterocycles. The molecule has 3 fully saturated rings. The molecule has 3 aliphatic carbocycles. The second-order valence-electron chi connectivity index (χ2n) is 4.73. The van der Waals surface area contributed by atoms with Crippen LogP contribution >= 0.6 is 0 Å². The van der Waals surface area contributed by atoms with E-state index in [0.29, 0.717) is 17.1 Å². The summed E-state index contributed by atoms with van der Waals surface area (Å²) in [7, 11) is 0. The molecule has 0 amide bonds. The molecular weight excluding hydrogens is 136 g/mol. The molecular formula is C10H14O. The Hall–Kier alpha value is -0.330. The third-order valence-electron chi connectivity index (χ3n) is 4.30. The van der Waals surface area contributed by atoms with E-state index in [1.165, 1.54) is 32.1 Å². The molecule has 0 aliphatic heterocycles. The molecule has 2 bridgehead atoms. The zero-order valence-corrected chi connectivity index (χ0v) is 6.81. The molecule has 1 nitrogen and oxygen atoms in total. The van der Waals surface area contributed by atoms with E-state index in [9.17, 15) is 4.79 Å². The van der Waals surface area contributed by atoms with Gasteiger partial charge in [-0.2, -0.15) is 0 Å². The van der Waals surface area contributed by atoms with Crippen LogP contribution in [0.15, 0.2) is 0 Å². The minimum atomic E-state index is 0.500. The number of carbonyl (C=O) groups excluding carboxylic acids is 1. The Kier molecular flexibility index (Phi) is 0.961. The van der Waals surface area contributed by atoms with Gasteiger partial charge in [0.25, 0.3) is 0 Å². The average Bonchev–Trinajstić information content (AvgIpc) is 2.49. The van der Waals surface area contributed by atoms with Gasteiger partial charge in [0.1, 0.15) is 5.78 Å². The first-order valence-electron chi connectivity index (χ1n) is 4.83. The van der Waals surface area contributed by atoms with Gasteiger partial charge in [-0.1, -0.05) is 6.42 Å². The fourth-order valence-electron chi connectivity index (χ4n) is 3.81. The standard InChI is InChI=1S/C10H14O/c11-9-6-10-3-1-2-8(10)4-7(9)5-10/h7-8H,1-6H2. The Morgan fingerprint density at radius 3 is 3.18 bits per heavy atom. The molecule has 0 radical (unpaired) electrons. The van der Waals surface area contributed by atoms with Gasteiger partial charge < -0.3 is 0 Å². The molecule has 3 aliphatic rings. The van der Waals surface area contributed by atoms with E-state index in [4.69, 9.17) is 0 Å². The van der Waals surface area contributed by atoms with E-state index in [1.54, 1.807) is 0 Å². The number of hydrogen-bond donors (Lipinski definition) is 0. The first kappa shape index (κ1) is 6.22. The predicted octanol–water partition coefficient (Wildman–Crippen LogP) is 2.16. The van der Waals surface area contributed by atoms with Crippen molar-refractivity contribution >= 4 is 5.78 Å². The second-order valence-corrected chi connectivity index (χ2v) is 4.73. The summed E-state index contributed by atoms with van der Waals surface area (Å²) in [5, 5.41) is 0. The smallest absolute Gasteiger partial charge is 0.136 e. The summed E-state index contributed by atoms with van der Waals surface area (Å²) in [6, 6.07) is 0. The van der Waals surface area contributed by atoms with Crippen LogP contribution in [-0.2, 0) is 4.79 Å². The maximum absolute atomic E-state index is 11.4. The van der Waals surface area contributed by atoms with Crippen LogP contribution in [0.5, 0.6) is 0 Å². The number of ketones is 1. The Morgan fingerprint density at radius 1 is 1.45 bits per heavy atom. The van der Waals surface area contributed by atoms with Gasteiger partial charge in [0.15, 0.2) is 0 Å². The summed E-state index contributed by atoms with van der Waals surface area (Å²) in [4.78, 5) is 11.4. The molecule has 0 aromatic carbocycles. The SMILES string of the molecule is O=C1CC23CCCC2CC1C3. The van der Waals surface area contributed by atoms with Crippen LogP contribution in [0, 0.1) is 17.3 Å². The van der Waals surface area contributed by atoms with E-state index < -0.39 is 0 Å². The van der Waals surface area contributed by atoms with Crippen LogP contribution in [-0.4, -0.2) is 5.78 Å². The fourth-order valence-corrected chi connectivity index (χ4v) is 3.81. The van der Waals surface area contributed by atoms with Gasteiger partial charge in [0.05, 0.1) is 0 Å². The van der Waals surface area contributed by atoms with Gasteiger partial charge in [0, 0.05) is 12.3 Å². The number of hydrogen-bond acceptors (Lipinski definition) is 1. The highest BCUT2D eigenvalue weighted by Gasteiger charge is 2.57. The van der Waals surface area contributed by atoms with Gasteiger partial charge in [-0.05, 0) is 37.0 Å². The number of Topliss-reactive ketones (excluding diaryl/α,β-unsaturated/α-hetero) is 1. The van der Waals surface area contributed by atoms with Crippen LogP contribution in [0.3, 0.4) is 0 Å². The number of rotatable bonds is 0. The number of fused-ring (bicyclic) bond motifs is 1. The summed E-state index contributed by atoms with van der Waals surface area (Å²) < 4.78 is 0. The predicted molar refractivity (Wildman–Crippen MR) is 42.1 cm³/mol. The van der Waals surface area contributed by atoms with E-state index in [2.05, 4.69) is 0 Å². The van der Waals surface area contributed by atoms with Crippen molar-refractivity contribution in [3.05, 3.63) is 0 Å². The lowest BCUT2D eigenvalue weighted by atomic mass is 9.77. The topological polar surface area (TPSA) is 17.1 Å².